The van der Waals surface area contributed by atoms with Gasteiger partial charge in [-0.1, -0.05) is 6.92 Å². The van der Waals surface area contributed by atoms with E-state index in [4.69, 9.17) is 10.5 Å². The Kier molecular flexibility index (Phi) is 3.71. The molecule has 2 heterocycles. The van der Waals surface area contributed by atoms with Gasteiger partial charge < -0.3 is 10.5 Å². The molecule has 18 heavy (non-hydrogen) atoms. The van der Waals surface area contributed by atoms with Gasteiger partial charge in [0, 0.05) is 12.7 Å². The minimum Gasteiger partial charge on any atom is -0.464 e. The van der Waals surface area contributed by atoms with E-state index < -0.39 is 0 Å². The summed E-state index contributed by atoms with van der Waals surface area (Å²) in [7, 11) is 0. The molecule has 0 aromatic carbocycles. The summed E-state index contributed by atoms with van der Waals surface area (Å²) in [6.07, 6.45) is 4.61. The average Bonchev–Trinajstić information content (AvgIpc) is 2.78. The molecular formula is C11H16N6O. The molecular weight excluding hydrogens is 232 g/mol. The summed E-state index contributed by atoms with van der Waals surface area (Å²) in [5, 5.41) is 4.22. The highest BCUT2D eigenvalue weighted by atomic mass is 16.5. The van der Waals surface area contributed by atoms with Gasteiger partial charge in [-0.15, -0.1) is 0 Å². The van der Waals surface area contributed by atoms with Crippen molar-refractivity contribution < 1.29 is 4.74 Å². The first kappa shape index (κ1) is 12.3. The van der Waals surface area contributed by atoms with Crippen molar-refractivity contribution in [3.05, 3.63) is 12.4 Å². The average molecular weight is 248 g/mol. The van der Waals surface area contributed by atoms with Gasteiger partial charge in [0.25, 0.3) is 0 Å². The number of nitrogens with two attached hydrogens (primary N) is 1. The van der Waals surface area contributed by atoms with Crippen LogP contribution in [0.2, 0.25) is 0 Å². The van der Waals surface area contributed by atoms with E-state index in [1.165, 1.54) is 0 Å². The summed E-state index contributed by atoms with van der Waals surface area (Å²) in [4.78, 5) is 12.2. The van der Waals surface area contributed by atoms with Gasteiger partial charge in [-0.25, -0.2) is 0 Å². The fourth-order valence-corrected chi connectivity index (χ4v) is 1.53. The summed E-state index contributed by atoms with van der Waals surface area (Å²) >= 11 is 0. The third-order valence-corrected chi connectivity index (χ3v) is 2.25. The van der Waals surface area contributed by atoms with Crippen LogP contribution in [0.5, 0.6) is 6.01 Å². The summed E-state index contributed by atoms with van der Waals surface area (Å²) < 4.78 is 7.08. The fourth-order valence-electron chi connectivity index (χ4n) is 1.53. The highest BCUT2D eigenvalue weighted by molar-refractivity contribution is 5.53. The van der Waals surface area contributed by atoms with Crippen molar-refractivity contribution in [2.75, 3.05) is 12.3 Å². The first-order chi connectivity index (χ1) is 8.72. The molecule has 2 aromatic heterocycles. The van der Waals surface area contributed by atoms with Gasteiger partial charge in [-0.3, -0.25) is 4.68 Å². The van der Waals surface area contributed by atoms with Gasteiger partial charge in [-0.2, -0.15) is 20.1 Å². The molecule has 96 valence electrons. The molecule has 0 amide bonds. The molecule has 0 unspecified atom stereocenters. The van der Waals surface area contributed by atoms with E-state index in [1.807, 2.05) is 17.8 Å². The Hall–Kier alpha value is -2.18. The van der Waals surface area contributed by atoms with E-state index in [0.29, 0.717) is 12.4 Å². The summed E-state index contributed by atoms with van der Waals surface area (Å²) in [5.74, 6) is 0.625. The van der Waals surface area contributed by atoms with Crippen LogP contribution < -0.4 is 10.5 Å². The zero-order chi connectivity index (χ0) is 13.0. The van der Waals surface area contributed by atoms with Crippen molar-refractivity contribution in [3.63, 3.8) is 0 Å². The maximum absolute atomic E-state index is 5.62. The van der Waals surface area contributed by atoms with E-state index in [1.54, 1.807) is 6.20 Å². The van der Waals surface area contributed by atoms with Crippen LogP contribution >= 0.6 is 0 Å². The van der Waals surface area contributed by atoms with Crippen LogP contribution in [0.15, 0.2) is 12.4 Å². The Morgan fingerprint density at radius 3 is 2.83 bits per heavy atom. The van der Waals surface area contributed by atoms with Crippen molar-refractivity contribution in [1.82, 2.24) is 24.7 Å². The molecule has 7 heteroatoms. The molecule has 0 saturated carbocycles. The highest BCUT2D eigenvalue weighted by Crippen LogP contribution is 2.17. The lowest BCUT2D eigenvalue weighted by Crippen LogP contribution is -2.04. The lowest BCUT2D eigenvalue weighted by atomic mass is 10.3. The SMILES string of the molecule is CCCn1cc(-c2nc(N)nc(OCC)n2)cn1. The second-order valence-corrected chi connectivity index (χ2v) is 3.72. The minimum absolute atomic E-state index is 0.145. The Labute approximate surface area is 105 Å². The number of hydrogen-bond acceptors (Lipinski definition) is 6. The Balaban J connectivity index is 2.30. The standard InChI is InChI=1S/C11H16N6O/c1-3-5-17-7-8(6-13-17)9-14-10(12)16-11(15-9)18-4-2/h6-7H,3-5H2,1-2H3,(H2,12,14,15,16). The molecule has 0 aliphatic carbocycles. The fraction of sp³-hybridized carbons (Fsp3) is 0.455. The predicted molar refractivity (Wildman–Crippen MR) is 66.9 cm³/mol. The van der Waals surface area contributed by atoms with Gasteiger partial charge in [0.05, 0.1) is 18.4 Å². The molecule has 0 fully saturated rings. The smallest absolute Gasteiger partial charge is 0.321 e. The Morgan fingerprint density at radius 1 is 1.28 bits per heavy atom. The van der Waals surface area contributed by atoms with Gasteiger partial charge in [0.2, 0.25) is 5.95 Å². The van der Waals surface area contributed by atoms with Crippen molar-refractivity contribution in [2.45, 2.75) is 26.8 Å². The van der Waals surface area contributed by atoms with E-state index >= 15 is 0 Å². The second kappa shape index (κ2) is 5.44. The van der Waals surface area contributed by atoms with Crippen LogP contribution in [0.25, 0.3) is 11.4 Å². The van der Waals surface area contributed by atoms with Gasteiger partial charge in [0.1, 0.15) is 0 Å². The zero-order valence-electron chi connectivity index (χ0n) is 10.5. The second-order valence-electron chi connectivity index (χ2n) is 3.72. The molecule has 0 spiro atoms. The molecule has 7 nitrogen and oxygen atoms in total. The molecule has 2 N–H and O–H groups in total. The normalized spacial score (nSPS) is 10.6. The predicted octanol–water partition coefficient (Wildman–Crippen LogP) is 1.13. The first-order valence-corrected chi connectivity index (χ1v) is 5.90. The third kappa shape index (κ3) is 2.73. The monoisotopic (exact) mass is 248 g/mol. The number of aryl methyl sites for hydroxylation is 1. The molecule has 0 radical (unpaired) electrons. The zero-order valence-corrected chi connectivity index (χ0v) is 10.5. The summed E-state index contributed by atoms with van der Waals surface area (Å²) in [6.45, 7) is 5.30. The molecule has 0 bridgehead atoms. The third-order valence-electron chi connectivity index (χ3n) is 2.25. The molecule has 0 aliphatic heterocycles. The summed E-state index contributed by atoms with van der Waals surface area (Å²) in [6, 6.07) is 0.239. The molecule has 0 aliphatic rings. The summed E-state index contributed by atoms with van der Waals surface area (Å²) in [5.41, 5.74) is 6.43. The van der Waals surface area contributed by atoms with Crippen molar-refractivity contribution >= 4 is 5.95 Å². The number of hydrogen-bond donors (Lipinski definition) is 1. The number of nitrogen functional groups attached to an aromatic ring is 1. The van der Waals surface area contributed by atoms with Gasteiger partial charge >= 0.3 is 6.01 Å². The van der Waals surface area contributed by atoms with E-state index in [9.17, 15) is 0 Å². The molecule has 0 atom stereocenters. The number of rotatable bonds is 5. The largest absolute Gasteiger partial charge is 0.464 e. The van der Waals surface area contributed by atoms with Crippen LogP contribution in [0, 0.1) is 0 Å². The Bertz CT molecular complexity index is 524. The van der Waals surface area contributed by atoms with Crippen molar-refractivity contribution in [2.24, 2.45) is 0 Å². The molecule has 2 rings (SSSR count). The van der Waals surface area contributed by atoms with E-state index in [-0.39, 0.29) is 12.0 Å². The van der Waals surface area contributed by atoms with Crippen molar-refractivity contribution in [1.29, 1.82) is 0 Å². The molecule has 0 saturated heterocycles. The van der Waals surface area contributed by atoms with Crippen LogP contribution in [0.3, 0.4) is 0 Å². The van der Waals surface area contributed by atoms with Crippen LogP contribution in [0.1, 0.15) is 20.3 Å². The molecule has 2 aromatic rings. The highest BCUT2D eigenvalue weighted by Gasteiger charge is 2.09. The van der Waals surface area contributed by atoms with Crippen LogP contribution in [-0.2, 0) is 6.54 Å². The van der Waals surface area contributed by atoms with E-state index in [0.717, 1.165) is 18.5 Å². The minimum atomic E-state index is 0.145. The lowest BCUT2D eigenvalue weighted by Gasteiger charge is -2.03. The topological polar surface area (TPSA) is 91.7 Å². The van der Waals surface area contributed by atoms with Crippen LogP contribution in [0.4, 0.5) is 5.95 Å². The van der Waals surface area contributed by atoms with Gasteiger partial charge in [-0.05, 0) is 13.3 Å². The maximum Gasteiger partial charge on any atom is 0.321 e. The number of aromatic nitrogens is 5. The maximum atomic E-state index is 5.62. The van der Waals surface area contributed by atoms with E-state index in [2.05, 4.69) is 27.0 Å². The first-order valence-electron chi connectivity index (χ1n) is 5.90. The van der Waals surface area contributed by atoms with Gasteiger partial charge in [0.15, 0.2) is 5.82 Å². The quantitative estimate of drug-likeness (QED) is 0.852. The Morgan fingerprint density at radius 2 is 2.11 bits per heavy atom. The van der Waals surface area contributed by atoms with Crippen LogP contribution in [-0.4, -0.2) is 31.3 Å². The lowest BCUT2D eigenvalue weighted by molar-refractivity contribution is 0.312. The van der Waals surface area contributed by atoms with Crippen molar-refractivity contribution in [3.8, 4) is 17.4 Å². The number of anilines is 1. The number of ether oxygens (including phenoxy) is 1. The number of nitrogens with zero attached hydrogens (tertiary/aromatic N) is 5.